The molecule has 242 valence electrons. The van der Waals surface area contributed by atoms with Crippen molar-refractivity contribution in [3.63, 3.8) is 0 Å². The van der Waals surface area contributed by atoms with Crippen molar-refractivity contribution in [1.82, 2.24) is 19.4 Å². The average Bonchev–Trinajstić information content (AvgIpc) is 2.96. The van der Waals surface area contributed by atoms with E-state index in [1.807, 2.05) is 44.5 Å². The fraction of sp³-hybridized carbons (Fsp3) is 0.484. The number of carbonyl (C=O) groups is 1. The fourth-order valence-corrected chi connectivity index (χ4v) is 5.95. The minimum atomic E-state index is -4.95. The van der Waals surface area contributed by atoms with E-state index in [0.29, 0.717) is 43.9 Å². The van der Waals surface area contributed by atoms with Crippen LogP contribution in [-0.4, -0.2) is 82.9 Å². The Balaban J connectivity index is 1.59. The van der Waals surface area contributed by atoms with Crippen LogP contribution in [0.2, 0.25) is 0 Å². The first-order valence-corrected chi connectivity index (χ1v) is 14.8. The lowest BCUT2D eigenvalue weighted by Gasteiger charge is -2.44. The molecule has 3 aromatic rings. The summed E-state index contributed by atoms with van der Waals surface area (Å²) >= 11 is 0. The van der Waals surface area contributed by atoms with E-state index in [2.05, 4.69) is 20.2 Å². The maximum atomic E-state index is 16.0. The van der Waals surface area contributed by atoms with E-state index in [0.717, 1.165) is 10.8 Å². The zero-order chi connectivity index (χ0) is 32.8. The Hall–Kier alpha value is -4.04. The summed E-state index contributed by atoms with van der Waals surface area (Å²) in [5.74, 6) is -1.33. The molecule has 1 amide bonds. The molecule has 5 rings (SSSR count). The Morgan fingerprint density at radius 2 is 1.62 bits per heavy atom. The number of ether oxygens (including phenoxy) is 1. The van der Waals surface area contributed by atoms with Gasteiger partial charge in [-0.3, -0.25) is 14.5 Å². The van der Waals surface area contributed by atoms with Crippen molar-refractivity contribution in [2.75, 3.05) is 48.3 Å². The molecule has 1 aromatic carbocycles. The number of hydrogen-bond acceptors (Lipinski definition) is 8. The van der Waals surface area contributed by atoms with E-state index in [-0.39, 0.29) is 41.2 Å². The van der Waals surface area contributed by atoms with Crippen LogP contribution in [0.3, 0.4) is 0 Å². The van der Waals surface area contributed by atoms with E-state index in [4.69, 9.17) is 4.74 Å². The van der Waals surface area contributed by atoms with Crippen LogP contribution in [0.1, 0.15) is 43.6 Å². The second kappa shape index (κ2) is 12.4. The number of rotatable bonds is 5. The van der Waals surface area contributed by atoms with Gasteiger partial charge in [-0.2, -0.15) is 13.2 Å². The predicted octanol–water partition coefficient (Wildman–Crippen LogP) is 4.39. The number of anilines is 3. The summed E-state index contributed by atoms with van der Waals surface area (Å²) < 4.78 is 64.4. The lowest BCUT2D eigenvalue weighted by Crippen LogP contribution is -2.55. The van der Waals surface area contributed by atoms with Crippen molar-refractivity contribution >= 4 is 23.2 Å². The molecule has 10 nitrogen and oxygen atoms in total. The summed E-state index contributed by atoms with van der Waals surface area (Å²) in [7, 11) is 3.25. The van der Waals surface area contributed by atoms with E-state index in [1.54, 1.807) is 0 Å². The first-order valence-electron chi connectivity index (χ1n) is 14.8. The second-order valence-corrected chi connectivity index (χ2v) is 12.0. The Morgan fingerprint density at radius 1 is 0.978 bits per heavy atom. The van der Waals surface area contributed by atoms with Gasteiger partial charge in [-0.25, -0.2) is 14.4 Å². The molecule has 0 spiro atoms. The molecule has 45 heavy (non-hydrogen) atoms. The Kier molecular flexibility index (Phi) is 8.91. The molecule has 0 radical (unpaired) electrons. The molecule has 2 saturated heterocycles. The quantitative estimate of drug-likeness (QED) is 0.415. The smallest absolute Gasteiger partial charge is 0.372 e. The Morgan fingerprint density at radius 3 is 2.24 bits per heavy atom. The highest BCUT2D eigenvalue weighted by atomic mass is 19.4. The number of nitrogens with zero attached hydrogens (tertiary/aromatic N) is 6. The van der Waals surface area contributed by atoms with Gasteiger partial charge in [0.15, 0.2) is 0 Å². The highest BCUT2D eigenvalue weighted by Crippen LogP contribution is 2.37. The molecule has 2 aliphatic rings. The van der Waals surface area contributed by atoms with E-state index >= 15 is 4.39 Å². The molecule has 0 bridgehead atoms. The summed E-state index contributed by atoms with van der Waals surface area (Å²) in [4.78, 5) is 40.6. The van der Waals surface area contributed by atoms with Gasteiger partial charge in [0.25, 0.3) is 11.5 Å². The van der Waals surface area contributed by atoms with Gasteiger partial charge in [0.1, 0.15) is 5.82 Å². The zero-order valence-corrected chi connectivity index (χ0v) is 26.0. The number of likely N-dealkylation sites (N-methyl/N-ethyl adjacent to an activating group) is 1. The van der Waals surface area contributed by atoms with Crippen molar-refractivity contribution < 1.29 is 27.1 Å². The van der Waals surface area contributed by atoms with E-state index in [9.17, 15) is 22.8 Å². The highest BCUT2D eigenvalue weighted by Gasteiger charge is 2.37. The number of pyridine rings is 1. The third-order valence-electron chi connectivity index (χ3n) is 8.43. The maximum Gasteiger partial charge on any atom is 0.417 e. The van der Waals surface area contributed by atoms with E-state index < -0.39 is 34.6 Å². The Labute approximate surface area is 258 Å². The minimum absolute atomic E-state index is 0.0405. The molecule has 0 saturated carbocycles. The van der Waals surface area contributed by atoms with Crippen molar-refractivity contribution in [1.29, 1.82) is 0 Å². The number of piperazine rings is 1. The van der Waals surface area contributed by atoms with Crippen LogP contribution >= 0.6 is 0 Å². The highest BCUT2D eigenvalue weighted by molar-refractivity contribution is 6.07. The molecular formula is C31H37F4N7O3. The van der Waals surface area contributed by atoms with Crippen molar-refractivity contribution in [3.05, 3.63) is 64.0 Å². The van der Waals surface area contributed by atoms with Gasteiger partial charge in [0.05, 0.1) is 40.4 Å². The maximum absolute atomic E-state index is 16.0. The molecule has 4 atom stereocenters. The summed E-state index contributed by atoms with van der Waals surface area (Å²) in [6.45, 7) is 9.96. The molecule has 2 aliphatic heterocycles. The Bertz CT molecular complexity index is 1620. The zero-order valence-electron chi connectivity index (χ0n) is 26.0. The lowest BCUT2D eigenvalue weighted by molar-refractivity contribution is -0.138. The molecule has 2 fully saturated rings. The number of halogens is 4. The van der Waals surface area contributed by atoms with Crippen LogP contribution in [0.4, 0.5) is 34.9 Å². The third kappa shape index (κ3) is 6.81. The monoisotopic (exact) mass is 631 g/mol. The van der Waals surface area contributed by atoms with Crippen molar-refractivity contribution in [2.45, 2.75) is 58.2 Å². The van der Waals surface area contributed by atoms with Crippen LogP contribution < -0.4 is 20.7 Å². The molecule has 4 heterocycles. The largest absolute Gasteiger partial charge is 0.417 e. The number of carbonyl (C=O) groups excluding carboxylic acids is 1. The van der Waals surface area contributed by atoms with Crippen LogP contribution in [-0.2, 0) is 18.0 Å². The van der Waals surface area contributed by atoms with Crippen molar-refractivity contribution in [2.24, 2.45) is 7.05 Å². The van der Waals surface area contributed by atoms with Gasteiger partial charge in [-0.1, -0.05) is 0 Å². The second-order valence-electron chi connectivity index (χ2n) is 12.0. The van der Waals surface area contributed by atoms with Gasteiger partial charge >= 0.3 is 6.18 Å². The standard InChI is InChI=1S/C31H37F4N7O3/c1-17-12-41(13-18(2)40(17)6)27-11-24(32)21(25-7-8-36-30(38-25)42-14-19(3)45-20(4)15-42)9-26(27)37-29(44)22-16-39(5)28(43)10-23(22)31(33,34)35/h7-11,16-20H,12-15H2,1-6H3,(H,37,44). The number of benzene rings is 1. The molecule has 2 aromatic heterocycles. The topological polar surface area (TPSA) is 95.8 Å². The molecule has 14 heteroatoms. The number of alkyl halides is 3. The lowest BCUT2D eigenvalue weighted by atomic mass is 10.0. The number of morpholine rings is 1. The normalized spacial score (nSPS) is 22.9. The van der Waals surface area contributed by atoms with Crippen LogP contribution in [0.25, 0.3) is 11.3 Å². The number of amides is 1. The molecule has 0 aliphatic carbocycles. The third-order valence-corrected chi connectivity index (χ3v) is 8.43. The van der Waals surface area contributed by atoms with Crippen LogP contribution in [0.15, 0.2) is 41.5 Å². The number of hydrogen-bond donors (Lipinski definition) is 1. The number of aryl methyl sites for hydroxylation is 1. The number of aromatic nitrogens is 3. The SMILES string of the molecule is CC1CN(c2nccc(-c3cc(NC(=O)c4cn(C)c(=O)cc4C(F)(F)F)c(N4CC(C)N(C)C(C)C4)cc3F)n2)CC(C)O1. The summed E-state index contributed by atoms with van der Waals surface area (Å²) in [5.41, 5.74) is -2.29. The van der Waals surface area contributed by atoms with Crippen LogP contribution in [0, 0.1) is 5.82 Å². The fourth-order valence-electron chi connectivity index (χ4n) is 5.95. The van der Waals surface area contributed by atoms with Crippen LogP contribution in [0.5, 0.6) is 0 Å². The van der Waals surface area contributed by atoms with Crippen molar-refractivity contribution in [3.8, 4) is 11.3 Å². The van der Waals surface area contributed by atoms with E-state index in [1.165, 1.54) is 31.4 Å². The summed E-state index contributed by atoms with van der Waals surface area (Å²) in [6, 6.07) is 4.75. The van der Waals surface area contributed by atoms with Gasteiger partial charge in [-0.15, -0.1) is 0 Å². The molecule has 4 unspecified atom stereocenters. The number of nitrogens with one attached hydrogen (secondary N) is 1. The van der Waals surface area contributed by atoms with Gasteiger partial charge < -0.3 is 24.4 Å². The molecule has 1 N–H and O–H groups in total. The average molecular weight is 632 g/mol. The first-order chi connectivity index (χ1) is 21.1. The first kappa shape index (κ1) is 32.4. The van der Waals surface area contributed by atoms with Gasteiger partial charge in [-0.05, 0) is 52.9 Å². The summed E-state index contributed by atoms with van der Waals surface area (Å²) in [5, 5.41) is 2.60. The minimum Gasteiger partial charge on any atom is -0.372 e. The predicted molar refractivity (Wildman–Crippen MR) is 163 cm³/mol. The molecular weight excluding hydrogens is 594 g/mol. The summed E-state index contributed by atoms with van der Waals surface area (Å²) in [6.07, 6.45) is -2.72. The van der Waals surface area contributed by atoms with Gasteiger partial charge in [0.2, 0.25) is 5.95 Å². The van der Waals surface area contributed by atoms with Gasteiger partial charge in [0, 0.05) is 69.3 Å².